The van der Waals surface area contributed by atoms with Crippen molar-refractivity contribution in [2.45, 2.75) is 50.0 Å². The van der Waals surface area contributed by atoms with Gasteiger partial charge in [0.15, 0.2) is 5.60 Å². The molecule has 1 aromatic carbocycles. The number of piperazine rings is 1. The predicted octanol–water partition coefficient (Wildman–Crippen LogP) is 2.91. The number of hydrogen-bond acceptors (Lipinski definition) is 7. The van der Waals surface area contributed by atoms with Crippen LogP contribution in [0, 0.1) is 0 Å². The van der Waals surface area contributed by atoms with Crippen LogP contribution in [0.1, 0.15) is 31.7 Å². The van der Waals surface area contributed by atoms with E-state index in [0.29, 0.717) is 36.7 Å². The lowest BCUT2D eigenvalue weighted by atomic mass is 9.95. The summed E-state index contributed by atoms with van der Waals surface area (Å²) in [6.07, 6.45) is 2.84. The number of alkyl halides is 3. The Bertz CT molecular complexity index is 1350. The quantitative estimate of drug-likeness (QED) is 0.463. The van der Waals surface area contributed by atoms with Crippen LogP contribution < -0.4 is 4.90 Å². The van der Waals surface area contributed by atoms with Gasteiger partial charge in [-0.3, -0.25) is 0 Å². The maximum absolute atomic E-state index is 13.5. The van der Waals surface area contributed by atoms with E-state index in [2.05, 4.69) is 0 Å². The predicted molar refractivity (Wildman–Crippen MR) is 143 cm³/mol. The summed E-state index contributed by atoms with van der Waals surface area (Å²) >= 11 is 5.28. The van der Waals surface area contributed by atoms with Crippen molar-refractivity contribution in [1.82, 2.24) is 8.61 Å². The van der Waals surface area contributed by atoms with E-state index in [9.17, 15) is 35.1 Å². The number of thiocarbonyl (C=S) groups is 1. The summed E-state index contributed by atoms with van der Waals surface area (Å²) in [5.41, 5.74) is -2.89. The third-order valence-electron chi connectivity index (χ3n) is 7.11. The summed E-state index contributed by atoms with van der Waals surface area (Å²) in [5.74, 6) is 0. The minimum absolute atomic E-state index is 0.0148. The first-order valence-corrected chi connectivity index (χ1v) is 15.8. The Morgan fingerprint density at radius 2 is 1.74 bits per heavy atom. The van der Waals surface area contributed by atoms with Gasteiger partial charge in [0.05, 0.1) is 17.2 Å². The molecule has 0 unspecified atom stereocenters. The highest BCUT2D eigenvalue weighted by Crippen LogP contribution is 2.39. The van der Waals surface area contributed by atoms with E-state index in [1.54, 1.807) is 12.2 Å². The van der Waals surface area contributed by atoms with Crippen LogP contribution in [-0.2, 0) is 25.6 Å². The Hall–Kier alpha value is -1.84. The van der Waals surface area contributed by atoms with E-state index in [1.807, 2.05) is 4.90 Å². The van der Waals surface area contributed by atoms with Gasteiger partial charge in [0, 0.05) is 49.2 Å². The fourth-order valence-corrected chi connectivity index (χ4v) is 7.97. The number of nitrogens with zero attached hydrogens (tertiary/aromatic N) is 3. The Kier molecular flexibility index (Phi) is 7.89. The Morgan fingerprint density at radius 3 is 2.26 bits per heavy atom. The van der Waals surface area contributed by atoms with Gasteiger partial charge in [-0.1, -0.05) is 36.5 Å². The van der Waals surface area contributed by atoms with Crippen LogP contribution >= 0.6 is 12.2 Å². The highest BCUT2D eigenvalue weighted by atomic mass is 32.2. The van der Waals surface area contributed by atoms with Crippen molar-refractivity contribution in [2.75, 3.05) is 37.3 Å². The van der Waals surface area contributed by atoms with Gasteiger partial charge in [0.2, 0.25) is 20.0 Å². The van der Waals surface area contributed by atoms with Crippen LogP contribution in [0.25, 0.3) is 0 Å². The van der Waals surface area contributed by atoms with Gasteiger partial charge in [-0.05, 0) is 43.5 Å². The fraction of sp³-hybridized carbons (Fsp3) is 0.542. The first-order chi connectivity index (χ1) is 17.5. The summed E-state index contributed by atoms with van der Waals surface area (Å²) in [4.78, 5) is 2.16. The number of hydrogen-bond donors (Lipinski definition) is 1. The lowest BCUT2D eigenvalue weighted by Crippen LogP contribution is -2.59. The molecule has 3 aliphatic rings. The Labute approximate surface area is 226 Å². The molecule has 1 heterocycles. The van der Waals surface area contributed by atoms with Crippen molar-refractivity contribution >= 4 is 42.8 Å². The lowest BCUT2D eigenvalue weighted by Gasteiger charge is -2.44. The van der Waals surface area contributed by atoms with Crippen molar-refractivity contribution in [3.63, 3.8) is 0 Å². The third-order valence-corrected chi connectivity index (χ3v) is 10.9. The van der Waals surface area contributed by atoms with Crippen LogP contribution in [0.2, 0.25) is 0 Å². The standard InChI is InChI=1S/C24H30F3N3O5S3/c1-23(31,24(25,26)27)17-7-9-18(10-8-17)29-14-13-28(38(34,35)22-6-4-3-5-21(22)36)15-20(29)16-30(19-11-12-19)37(2,32)33/h3-4,6-10,19-20,31H,5,11-16H2,1-2H3/t20-,23+/m1/s1. The molecule has 2 aliphatic carbocycles. The minimum Gasteiger partial charge on any atom is -0.376 e. The molecule has 2 atom stereocenters. The summed E-state index contributed by atoms with van der Waals surface area (Å²) < 4.78 is 94.6. The average Bonchev–Trinajstić information content (AvgIpc) is 3.66. The van der Waals surface area contributed by atoms with Gasteiger partial charge in [0.1, 0.15) is 0 Å². The zero-order valence-corrected chi connectivity index (χ0v) is 23.4. The number of benzene rings is 1. The largest absolute Gasteiger partial charge is 0.421 e. The number of sulfonamides is 2. The molecule has 1 N–H and O–H groups in total. The van der Waals surface area contributed by atoms with Gasteiger partial charge in [-0.2, -0.15) is 21.8 Å². The van der Waals surface area contributed by atoms with E-state index in [-0.39, 0.29) is 42.7 Å². The van der Waals surface area contributed by atoms with Crippen molar-refractivity contribution in [2.24, 2.45) is 0 Å². The van der Waals surface area contributed by atoms with E-state index in [0.717, 1.165) is 6.26 Å². The van der Waals surface area contributed by atoms with Crippen LogP contribution in [0.15, 0.2) is 47.4 Å². The van der Waals surface area contributed by atoms with E-state index in [1.165, 1.54) is 39.0 Å². The summed E-state index contributed by atoms with van der Waals surface area (Å²) in [7, 11) is -7.53. The molecule has 0 amide bonds. The first-order valence-electron chi connectivity index (χ1n) is 12.1. The smallest absolute Gasteiger partial charge is 0.376 e. The van der Waals surface area contributed by atoms with Crippen LogP contribution in [0.3, 0.4) is 0 Å². The second-order valence-corrected chi connectivity index (χ2v) is 14.3. The second kappa shape index (κ2) is 10.3. The second-order valence-electron chi connectivity index (χ2n) is 9.98. The minimum atomic E-state index is -4.87. The maximum atomic E-state index is 13.5. The normalized spacial score (nSPS) is 23.4. The lowest BCUT2D eigenvalue weighted by molar-refractivity contribution is -0.258. The maximum Gasteiger partial charge on any atom is 0.421 e. The molecule has 0 bridgehead atoms. The molecule has 1 aliphatic heterocycles. The first kappa shape index (κ1) is 29.2. The molecular weight excluding hydrogens is 563 g/mol. The van der Waals surface area contributed by atoms with Gasteiger partial charge in [-0.15, -0.1) is 0 Å². The van der Waals surface area contributed by atoms with Crippen molar-refractivity contribution < 1.29 is 35.1 Å². The van der Waals surface area contributed by atoms with E-state index >= 15 is 0 Å². The average molecular weight is 594 g/mol. The molecule has 14 heteroatoms. The Morgan fingerprint density at radius 1 is 1.11 bits per heavy atom. The molecule has 1 saturated heterocycles. The topological polar surface area (TPSA) is 98.2 Å². The van der Waals surface area contributed by atoms with Crippen molar-refractivity contribution in [1.29, 1.82) is 0 Å². The van der Waals surface area contributed by atoms with Crippen molar-refractivity contribution in [3.05, 3.63) is 53.0 Å². The van der Waals surface area contributed by atoms with Crippen molar-refractivity contribution in [3.8, 4) is 0 Å². The molecule has 38 heavy (non-hydrogen) atoms. The molecule has 0 spiro atoms. The number of aliphatic hydroxyl groups is 1. The molecule has 1 aromatic rings. The molecule has 1 saturated carbocycles. The monoisotopic (exact) mass is 593 g/mol. The highest BCUT2D eigenvalue weighted by molar-refractivity contribution is 7.96. The summed E-state index contributed by atoms with van der Waals surface area (Å²) in [5, 5.41) is 10.0. The highest BCUT2D eigenvalue weighted by Gasteiger charge is 2.51. The Balaban J connectivity index is 1.66. The zero-order valence-electron chi connectivity index (χ0n) is 20.9. The number of halogens is 3. The van der Waals surface area contributed by atoms with E-state index < -0.39 is 37.9 Å². The van der Waals surface area contributed by atoms with Crippen LogP contribution in [0.4, 0.5) is 18.9 Å². The zero-order chi connectivity index (χ0) is 28.1. The number of rotatable bonds is 8. The number of anilines is 1. The molecule has 4 rings (SSSR count). The van der Waals surface area contributed by atoms with Gasteiger partial charge in [0.25, 0.3) is 0 Å². The molecule has 0 aromatic heterocycles. The summed E-state index contributed by atoms with van der Waals surface area (Å²) in [6, 6.07) is 4.43. The third kappa shape index (κ3) is 5.85. The molecule has 8 nitrogen and oxygen atoms in total. The van der Waals surface area contributed by atoms with Gasteiger partial charge < -0.3 is 10.0 Å². The van der Waals surface area contributed by atoms with E-state index in [4.69, 9.17) is 12.2 Å². The SMILES string of the molecule is C[C@](O)(c1ccc(N2CCN(S(=O)(=O)C3=CC=CCC3=S)C[C@@H]2CN(C2CC2)S(C)(=O)=O)cc1)C(F)(F)F. The van der Waals surface area contributed by atoms with Crippen LogP contribution in [0.5, 0.6) is 0 Å². The van der Waals surface area contributed by atoms with Crippen LogP contribution in [-0.4, -0.2) is 86.1 Å². The molecule has 0 radical (unpaired) electrons. The molecule has 2 fully saturated rings. The summed E-state index contributed by atoms with van der Waals surface area (Å²) in [6.45, 7) is 0.908. The fourth-order valence-electron chi connectivity index (χ4n) is 4.70. The molecular formula is C24H30F3N3O5S3. The number of allylic oxidation sites excluding steroid dienone is 4. The van der Waals surface area contributed by atoms with Gasteiger partial charge >= 0.3 is 6.18 Å². The molecule has 210 valence electrons. The van der Waals surface area contributed by atoms with Gasteiger partial charge in [-0.25, -0.2) is 16.8 Å².